The second-order valence-electron chi connectivity index (χ2n) is 3.66. The van der Waals surface area contributed by atoms with Crippen LogP contribution in [0.2, 0.25) is 0 Å². The molecule has 0 bridgehead atoms. The number of anilines is 1. The zero-order valence-corrected chi connectivity index (χ0v) is 9.93. The van der Waals surface area contributed by atoms with Crippen molar-refractivity contribution in [2.24, 2.45) is 5.92 Å². The van der Waals surface area contributed by atoms with E-state index in [1.807, 2.05) is 12.1 Å². The molecule has 0 amide bonds. The van der Waals surface area contributed by atoms with Crippen molar-refractivity contribution in [3.05, 3.63) is 28.7 Å². The van der Waals surface area contributed by atoms with Gasteiger partial charge in [-0.3, -0.25) is 0 Å². The molecule has 72 valence electrons. The summed E-state index contributed by atoms with van der Waals surface area (Å²) in [5.74, 6) is 0.645. The fourth-order valence-electron chi connectivity index (χ4n) is 0.990. The molecule has 1 aromatic carbocycles. The maximum absolute atomic E-state index is 3.51. The monoisotopic (exact) mass is 241 g/mol. The lowest BCUT2D eigenvalue weighted by Crippen LogP contribution is -2.21. The second kappa shape index (κ2) is 4.66. The molecule has 0 aliphatic rings. The maximum Gasteiger partial charge on any atom is 0.0486 e. The van der Waals surface area contributed by atoms with E-state index in [1.54, 1.807) is 0 Å². The zero-order valence-electron chi connectivity index (χ0n) is 8.34. The van der Waals surface area contributed by atoms with E-state index in [0.717, 1.165) is 4.47 Å². The van der Waals surface area contributed by atoms with Crippen LogP contribution in [0.1, 0.15) is 20.8 Å². The van der Waals surface area contributed by atoms with E-state index in [1.165, 1.54) is 5.69 Å². The molecule has 0 radical (unpaired) electrons. The first kappa shape index (κ1) is 10.6. The minimum atomic E-state index is 0.499. The van der Waals surface area contributed by atoms with Crippen molar-refractivity contribution in [2.75, 3.05) is 5.32 Å². The summed E-state index contributed by atoms with van der Waals surface area (Å²) in [6, 6.07) is 8.70. The molecule has 1 unspecified atom stereocenters. The number of para-hydroxylation sites is 1. The van der Waals surface area contributed by atoms with Gasteiger partial charge in [0, 0.05) is 16.2 Å². The molecule has 1 atom stereocenters. The lowest BCUT2D eigenvalue weighted by molar-refractivity contribution is 0.560. The van der Waals surface area contributed by atoms with Gasteiger partial charge in [0.25, 0.3) is 0 Å². The van der Waals surface area contributed by atoms with Gasteiger partial charge in [0.15, 0.2) is 0 Å². The highest BCUT2D eigenvalue weighted by Gasteiger charge is 2.07. The van der Waals surface area contributed by atoms with E-state index in [2.05, 4.69) is 54.2 Å². The third kappa shape index (κ3) is 3.03. The van der Waals surface area contributed by atoms with Gasteiger partial charge in [0.2, 0.25) is 0 Å². The van der Waals surface area contributed by atoms with Crippen molar-refractivity contribution in [1.82, 2.24) is 0 Å². The molecule has 0 fully saturated rings. The molecule has 1 aromatic rings. The fourth-order valence-corrected chi connectivity index (χ4v) is 1.39. The summed E-state index contributed by atoms with van der Waals surface area (Å²) in [5.41, 5.74) is 1.17. The number of rotatable bonds is 3. The smallest absolute Gasteiger partial charge is 0.0486 e. The normalized spacial score (nSPS) is 13.0. The van der Waals surface area contributed by atoms with E-state index in [0.29, 0.717) is 12.0 Å². The summed E-state index contributed by atoms with van der Waals surface area (Å²) in [6.07, 6.45) is 0. The summed E-state index contributed by atoms with van der Waals surface area (Å²) >= 11 is 3.51. The SMILES string of the molecule is CC(C)C(C)Nc1ccccc1Br. The molecule has 0 saturated carbocycles. The van der Waals surface area contributed by atoms with Crippen molar-refractivity contribution < 1.29 is 0 Å². The van der Waals surface area contributed by atoms with Crippen LogP contribution in [0.5, 0.6) is 0 Å². The van der Waals surface area contributed by atoms with Crippen LogP contribution in [-0.2, 0) is 0 Å². The quantitative estimate of drug-likeness (QED) is 0.847. The van der Waals surface area contributed by atoms with E-state index in [9.17, 15) is 0 Å². The maximum atomic E-state index is 3.51. The fraction of sp³-hybridized carbons (Fsp3) is 0.455. The Morgan fingerprint density at radius 2 is 1.77 bits per heavy atom. The molecular weight excluding hydrogens is 226 g/mol. The summed E-state index contributed by atoms with van der Waals surface area (Å²) < 4.78 is 1.13. The molecule has 0 aliphatic carbocycles. The van der Waals surface area contributed by atoms with Gasteiger partial charge in [-0.25, -0.2) is 0 Å². The molecule has 1 rings (SSSR count). The number of benzene rings is 1. The van der Waals surface area contributed by atoms with Gasteiger partial charge >= 0.3 is 0 Å². The third-order valence-electron chi connectivity index (χ3n) is 2.26. The standard InChI is InChI=1S/C11H16BrN/c1-8(2)9(3)13-11-7-5-4-6-10(11)12/h4-9,13H,1-3H3. The Kier molecular flexibility index (Phi) is 3.79. The van der Waals surface area contributed by atoms with Crippen LogP contribution in [0.3, 0.4) is 0 Å². The van der Waals surface area contributed by atoms with Crippen LogP contribution >= 0.6 is 15.9 Å². The van der Waals surface area contributed by atoms with Crippen LogP contribution < -0.4 is 5.32 Å². The first-order valence-corrected chi connectivity index (χ1v) is 5.41. The van der Waals surface area contributed by atoms with Gasteiger partial charge in [-0.05, 0) is 40.9 Å². The summed E-state index contributed by atoms with van der Waals surface area (Å²) in [7, 11) is 0. The number of nitrogens with one attached hydrogen (secondary N) is 1. The minimum Gasteiger partial charge on any atom is -0.381 e. The van der Waals surface area contributed by atoms with Gasteiger partial charge < -0.3 is 5.32 Å². The molecular formula is C11H16BrN. The molecule has 2 heteroatoms. The zero-order chi connectivity index (χ0) is 9.84. The summed E-state index contributed by atoms with van der Waals surface area (Å²) in [5, 5.41) is 3.46. The molecule has 0 aliphatic heterocycles. The first-order valence-electron chi connectivity index (χ1n) is 4.62. The van der Waals surface area contributed by atoms with Gasteiger partial charge in [-0.2, -0.15) is 0 Å². The van der Waals surface area contributed by atoms with Gasteiger partial charge in [0.1, 0.15) is 0 Å². The van der Waals surface area contributed by atoms with Crippen molar-refractivity contribution in [1.29, 1.82) is 0 Å². The highest BCUT2D eigenvalue weighted by atomic mass is 79.9. The Morgan fingerprint density at radius 1 is 1.15 bits per heavy atom. The van der Waals surface area contributed by atoms with E-state index in [4.69, 9.17) is 0 Å². The predicted molar refractivity (Wildman–Crippen MR) is 62.1 cm³/mol. The van der Waals surface area contributed by atoms with Crippen molar-refractivity contribution in [3.63, 3.8) is 0 Å². The van der Waals surface area contributed by atoms with Gasteiger partial charge in [-0.15, -0.1) is 0 Å². The molecule has 1 nitrogen and oxygen atoms in total. The van der Waals surface area contributed by atoms with Crippen LogP contribution in [0, 0.1) is 5.92 Å². The van der Waals surface area contributed by atoms with Gasteiger partial charge in [0.05, 0.1) is 0 Å². The van der Waals surface area contributed by atoms with E-state index in [-0.39, 0.29) is 0 Å². The Morgan fingerprint density at radius 3 is 2.31 bits per heavy atom. The topological polar surface area (TPSA) is 12.0 Å². The second-order valence-corrected chi connectivity index (χ2v) is 4.51. The molecule has 0 saturated heterocycles. The lowest BCUT2D eigenvalue weighted by Gasteiger charge is -2.19. The Balaban J connectivity index is 2.69. The Labute approximate surface area is 88.7 Å². The number of hydrogen-bond donors (Lipinski definition) is 1. The molecule has 0 heterocycles. The largest absolute Gasteiger partial charge is 0.381 e. The van der Waals surface area contributed by atoms with E-state index < -0.39 is 0 Å². The lowest BCUT2D eigenvalue weighted by atomic mass is 10.1. The Hall–Kier alpha value is -0.500. The highest BCUT2D eigenvalue weighted by molar-refractivity contribution is 9.10. The summed E-state index contributed by atoms with van der Waals surface area (Å²) in [4.78, 5) is 0. The average molecular weight is 242 g/mol. The number of hydrogen-bond acceptors (Lipinski definition) is 1. The third-order valence-corrected chi connectivity index (χ3v) is 2.95. The summed E-state index contributed by atoms with van der Waals surface area (Å²) in [6.45, 7) is 6.63. The van der Waals surface area contributed by atoms with Crippen molar-refractivity contribution in [3.8, 4) is 0 Å². The van der Waals surface area contributed by atoms with Crippen molar-refractivity contribution in [2.45, 2.75) is 26.8 Å². The van der Waals surface area contributed by atoms with Crippen molar-refractivity contribution >= 4 is 21.6 Å². The highest BCUT2D eigenvalue weighted by Crippen LogP contribution is 2.22. The number of halogens is 1. The molecule has 1 N–H and O–H groups in total. The van der Waals surface area contributed by atoms with Crippen LogP contribution in [0.25, 0.3) is 0 Å². The Bertz CT molecular complexity index is 271. The molecule has 13 heavy (non-hydrogen) atoms. The minimum absolute atomic E-state index is 0.499. The van der Waals surface area contributed by atoms with Gasteiger partial charge in [-0.1, -0.05) is 26.0 Å². The predicted octanol–water partition coefficient (Wildman–Crippen LogP) is 3.91. The first-order chi connectivity index (χ1) is 6.11. The molecule has 0 aromatic heterocycles. The van der Waals surface area contributed by atoms with Crippen LogP contribution in [0.15, 0.2) is 28.7 Å². The van der Waals surface area contributed by atoms with Crippen LogP contribution in [0.4, 0.5) is 5.69 Å². The molecule has 0 spiro atoms. The average Bonchev–Trinajstić information content (AvgIpc) is 2.08. The van der Waals surface area contributed by atoms with Crippen LogP contribution in [-0.4, -0.2) is 6.04 Å². The van der Waals surface area contributed by atoms with E-state index >= 15 is 0 Å².